The zero-order valence-electron chi connectivity index (χ0n) is 12.3. The molecule has 4 nitrogen and oxygen atoms in total. The van der Waals surface area contributed by atoms with Crippen molar-refractivity contribution in [3.8, 4) is 0 Å². The molecule has 1 fully saturated rings. The summed E-state index contributed by atoms with van der Waals surface area (Å²) in [5.74, 6) is 0.242. The minimum atomic E-state index is -3.43. The van der Waals surface area contributed by atoms with Gasteiger partial charge in [0.15, 0.2) is 0 Å². The maximum absolute atomic E-state index is 12.8. The molecule has 1 aliphatic rings. The van der Waals surface area contributed by atoms with Gasteiger partial charge in [-0.15, -0.1) is 12.4 Å². The number of halogens is 2. The lowest BCUT2D eigenvalue weighted by atomic mass is 9.93. The topological polar surface area (TPSA) is 63.4 Å². The highest BCUT2D eigenvalue weighted by atomic mass is 79.9. The van der Waals surface area contributed by atoms with Gasteiger partial charge in [-0.05, 0) is 50.3 Å². The van der Waals surface area contributed by atoms with Crippen LogP contribution in [0.25, 0.3) is 0 Å². The van der Waals surface area contributed by atoms with Crippen molar-refractivity contribution >= 4 is 38.4 Å². The molecule has 21 heavy (non-hydrogen) atoms. The molecule has 0 amide bonds. The molecule has 2 N–H and O–H groups in total. The molecule has 0 bridgehead atoms. The van der Waals surface area contributed by atoms with E-state index in [1.54, 1.807) is 10.4 Å². The van der Waals surface area contributed by atoms with Crippen LogP contribution < -0.4 is 5.73 Å². The normalized spacial score (nSPS) is 21.6. The minimum Gasteiger partial charge on any atom is -0.328 e. The molecule has 1 aliphatic heterocycles. The molecule has 1 heterocycles. The van der Waals surface area contributed by atoms with Gasteiger partial charge in [0.2, 0.25) is 10.0 Å². The number of hydrogen-bond acceptors (Lipinski definition) is 3. The largest absolute Gasteiger partial charge is 0.328 e. The van der Waals surface area contributed by atoms with E-state index < -0.39 is 10.0 Å². The molecule has 120 valence electrons. The van der Waals surface area contributed by atoms with Gasteiger partial charge in [0, 0.05) is 23.6 Å². The third-order valence-electron chi connectivity index (χ3n) is 3.93. The Hall–Kier alpha value is -0.140. The lowest BCUT2D eigenvalue weighted by Gasteiger charge is -2.34. The van der Waals surface area contributed by atoms with Crippen molar-refractivity contribution in [3.63, 3.8) is 0 Å². The van der Waals surface area contributed by atoms with Crippen LogP contribution in [-0.4, -0.2) is 31.9 Å². The third-order valence-corrected chi connectivity index (χ3v) is 6.43. The van der Waals surface area contributed by atoms with Crippen molar-refractivity contribution in [1.82, 2.24) is 4.31 Å². The molecule has 0 aliphatic carbocycles. The van der Waals surface area contributed by atoms with Crippen LogP contribution in [0.3, 0.4) is 0 Å². The Balaban J connectivity index is 0.00000220. The lowest BCUT2D eigenvalue weighted by molar-refractivity contribution is 0.243. The van der Waals surface area contributed by atoms with E-state index in [9.17, 15) is 8.42 Å². The molecule has 0 aromatic heterocycles. The van der Waals surface area contributed by atoms with Crippen molar-refractivity contribution in [2.45, 2.75) is 37.6 Å². The number of aryl methyl sites for hydroxylation is 1. The predicted octanol–water partition coefficient (Wildman–Crippen LogP) is 2.93. The number of sulfonamides is 1. The van der Waals surface area contributed by atoms with E-state index in [1.807, 2.05) is 26.0 Å². The molecule has 7 heteroatoms. The van der Waals surface area contributed by atoms with Crippen molar-refractivity contribution in [3.05, 3.63) is 28.2 Å². The standard InChI is InChI=1S/C14H21BrN2O2S.ClH/c1-10-5-6-13(15)8-14(10)20(18,19)17-7-3-4-12(9-17)11(2)16;/h5-6,8,11-12H,3-4,7,9,16H2,1-2H3;1H. The summed E-state index contributed by atoms with van der Waals surface area (Å²) in [5, 5.41) is 0. The zero-order valence-corrected chi connectivity index (χ0v) is 15.5. The first kappa shape index (κ1) is 18.9. The zero-order chi connectivity index (χ0) is 14.9. The predicted molar refractivity (Wildman–Crippen MR) is 91.3 cm³/mol. The average molecular weight is 398 g/mol. The molecular formula is C14H22BrClN2O2S. The summed E-state index contributed by atoms with van der Waals surface area (Å²) in [4.78, 5) is 0.386. The van der Waals surface area contributed by atoms with Crippen molar-refractivity contribution in [1.29, 1.82) is 0 Å². The van der Waals surface area contributed by atoms with E-state index >= 15 is 0 Å². The average Bonchev–Trinajstić information content (AvgIpc) is 2.41. The fraction of sp³-hybridized carbons (Fsp3) is 0.571. The fourth-order valence-electron chi connectivity index (χ4n) is 2.61. The highest BCUT2D eigenvalue weighted by Gasteiger charge is 2.32. The highest BCUT2D eigenvalue weighted by Crippen LogP contribution is 2.28. The highest BCUT2D eigenvalue weighted by molar-refractivity contribution is 9.10. The summed E-state index contributed by atoms with van der Waals surface area (Å²) in [6.45, 7) is 4.88. The van der Waals surface area contributed by atoms with Crippen LogP contribution >= 0.6 is 28.3 Å². The van der Waals surface area contributed by atoms with Crippen LogP contribution in [0.15, 0.2) is 27.6 Å². The van der Waals surface area contributed by atoms with Crippen molar-refractivity contribution in [2.24, 2.45) is 11.7 Å². The first-order valence-electron chi connectivity index (χ1n) is 6.84. The van der Waals surface area contributed by atoms with Gasteiger partial charge >= 0.3 is 0 Å². The number of nitrogens with zero attached hydrogens (tertiary/aromatic N) is 1. The van der Waals surface area contributed by atoms with Crippen LogP contribution in [0.1, 0.15) is 25.3 Å². The van der Waals surface area contributed by atoms with Gasteiger partial charge in [-0.2, -0.15) is 4.31 Å². The van der Waals surface area contributed by atoms with E-state index in [0.29, 0.717) is 18.0 Å². The molecule has 0 saturated carbocycles. The van der Waals surface area contributed by atoms with Crippen LogP contribution in [-0.2, 0) is 10.0 Å². The number of benzene rings is 1. The van der Waals surface area contributed by atoms with Gasteiger partial charge in [0.25, 0.3) is 0 Å². The van der Waals surface area contributed by atoms with E-state index in [2.05, 4.69) is 15.9 Å². The maximum Gasteiger partial charge on any atom is 0.243 e. The SMILES string of the molecule is Cc1ccc(Br)cc1S(=O)(=O)N1CCCC(C(C)N)C1.Cl. The Morgan fingerprint density at radius 3 is 2.71 bits per heavy atom. The second-order valence-electron chi connectivity index (χ2n) is 5.53. The second-order valence-corrected chi connectivity index (χ2v) is 8.36. The van der Waals surface area contributed by atoms with E-state index in [1.165, 1.54) is 0 Å². The Morgan fingerprint density at radius 2 is 2.10 bits per heavy atom. The number of nitrogens with two attached hydrogens (primary N) is 1. The second kappa shape index (κ2) is 7.42. The van der Waals surface area contributed by atoms with Crippen LogP contribution in [0.4, 0.5) is 0 Å². The Labute approximate surface area is 141 Å². The van der Waals surface area contributed by atoms with E-state index in [0.717, 1.165) is 22.9 Å². The molecular weight excluding hydrogens is 376 g/mol. The van der Waals surface area contributed by atoms with Crippen molar-refractivity contribution in [2.75, 3.05) is 13.1 Å². The minimum absolute atomic E-state index is 0. The summed E-state index contributed by atoms with van der Waals surface area (Å²) in [5.41, 5.74) is 6.71. The maximum atomic E-state index is 12.8. The van der Waals surface area contributed by atoms with Gasteiger partial charge < -0.3 is 5.73 Å². The molecule has 1 saturated heterocycles. The smallest absolute Gasteiger partial charge is 0.243 e. The summed E-state index contributed by atoms with van der Waals surface area (Å²) >= 11 is 3.34. The fourth-order valence-corrected chi connectivity index (χ4v) is 4.91. The first-order valence-corrected chi connectivity index (χ1v) is 9.07. The molecule has 2 atom stereocenters. The summed E-state index contributed by atoms with van der Waals surface area (Å²) in [6, 6.07) is 5.39. The Kier molecular flexibility index (Phi) is 6.68. The van der Waals surface area contributed by atoms with Crippen molar-refractivity contribution < 1.29 is 8.42 Å². The first-order chi connectivity index (χ1) is 9.32. The Morgan fingerprint density at radius 1 is 1.43 bits per heavy atom. The monoisotopic (exact) mass is 396 g/mol. The molecule has 1 aromatic carbocycles. The molecule has 0 radical (unpaired) electrons. The quantitative estimate of drug-likeness (QED) is 0.853. The van der Waals surface area contributed by atoms with Crippen LogP contribution in [0, 0.1) is 12.8 Å². The van der Waals surface area contributed by atoms with E-state index in [-0.39, 0.29) is 24.4 Å². The number of rotatable bonds is 3. The van der Waals surface area contributed by atoms with Gasteiger partial charge in [-0.3, -0.25) is 0 Å². The van der Waals surface area contributed by atoms with Gasteiger partial charge in [0.05, 0.1) is 4.90 Å². The number of hydrogen-bond donors (Lipinski definition) is 1. The molecule has 2 rings (SSSR count). The lowest BCUT2D eigenvalue weighted by Crippen LogP contribution is -2.45. The summed E-state index contributed by atoms with van der Waals surface area (Å²) < 4.78 is 27.9. The molecule has 0 spiro atoms. The summed E-state index contributed by atoms with van der Waals surface area (Å²) in [6.07, 6.45) is 1.87. The summed E-state index contributed by atoms with van der Waals surface area (Å²) in [7, 11) is -3.43. The molecule has 1 aromatic rings. The van der Waals surface area contributed by atoms with E-state index in [4.69, 9.17) is 5.73 Å². The van der Waals surface area contributed by atoms with Gasteiger partial charge in [-0.1, -0.05) is 22.0 Å². The molecule has 2 unspecified atom stereocenters. The Bertz CT molecular complexity index is 593. The van der Waals surface area contributed by atoms with Gasteiger partial charge in [0.1, 0.15) is 0 Å². The van der Waals surface area contributed by atoms with Crippen LogP contribution in [0.5, 0.6) is 0 Å². The van der Waals surface area contributed by atoms with Gasteiger partial charge in [-0.25, -0.2) is 8.42 Å². The number of piperidine rings is 1. The third kappa shape index (κ3) is 4.20. The van der Waals surface area contributed by atoms with Crippen LogP contribution in [0.2, 0.25) is 0 Å².